The van der Waals surface area contributed by atoms with Crippen molar-refractivity contribution in [2.24, 2.45) is 5.92 Å². The van der Waals surface area contributed by atoms with Gasteiger partial charge in [0.1, 0.15) is 0 Å². The summed E-state index contributed by atoms with van der Waals surface area (Å²) >= 11 is 0. The van der Waals surface area contributed by atoms with Crippen LogP contribution in [-0.2, 0) is 4.79 Å². The minimum atomic E-state index is -0.290. The van der Waals surface area contributed by atoms with Gasteiger partial charge in [-0.2, -0.15) is 0 Å². The summed E-state index contributed by atoms with van der Waals surface area (Å²) in [6, 6.07) is 0. The summed E-state index contributed by atoms with van der Waals surface area (Å²) in [6.07, 6.45) is 12.5. The molecule has 18 heavy (non-hydrogen) atoms. The predicted molar refractivity (Wildman–Crippen MR) is 72.2 cm³/mol. The van der Waals surface area contributed by atoms with Gasteiger partial charge in [0.15, 0.2) is 0 Å². The fourth-order valence-electron chi connectivity index (χ4n) is 3.55. The van der Waals surface area contributed by atoms with E-state index in [0.29, 0.717) is 12.3 Å². The Morgan fingerprint density at radius 1 is 1.06 bits per heavy atom. The Morgan fingerprint density at radius 3 is 2.22 bits per heavy atom. The molecule has 2 fully saturated rings. The monoisotopic (exact) mass is 253 g/mol. The Hall–Kier alpha value is -0.570. The zero-order valence-corrected chi connectivity index (χ0v) is 11.4. The number of amides is 1. The minimum absolute atomic E-state index is 0.101. The van der Waals surface area contributed by atoms with E-state index in [0.717, 1.165) is 25.7 Å². The Kier molecular flexibility index (Phi) is 5.04. The van der Waals surface area contributed by atoms with Crippen molar-refractivity contribution in [2.45, 2.75) is 76.2 Å². The molecule has 0 aromatic heterocycles. The van der Waals surface area contributed by atoms with Crippen LogP contribution in [0.5, 0.6) is 0 Å². The van der Waals surface area contributed by atoms with Crippen LogP contribution < -0.4 is 5.32 Å². The molecule has 2 rings (SSSR count). The molecule has 3 nitrogen and oxygen atoms in total. The van der Waals surface area contributed by atoms with Crippen LogP contribution in [-0.4, -0.2) is 23.2 Å². The lowest BCUT2D eigenvalue weighted by Gasteiger charge is -2.28. The molecular formula is C15H27NO2. The fourth-order valence-corrected chi connectivity index (χ4v) is 3.55. The molecule has 3 heteroatoms. The Morgan fingerprint density at radius 2 is 1.67 bits per heavy atom. The molecule has 2 aliphatic rings. The first-order chi connectivity index (χ1) is 8.74. The Balaban J connectivity index is 1.80. The first-order valence-electron chi connectivity index (χ1n) is 7.66. The Bertz CT molecular complexity index is 264. The highest BCUT2D eigenvalue weighted by molar-refractivity contribution is 5.77. The normalized spacial score (nSPS) is 24.7. The van der Waals surface area contributed by atoms with Crippen LogP contribution in [0.15, 0.2) is 0 Å². The summed E-state index contributed by atoms with van der Waals surface area (Å²) in [7, 11) is 0. The second kappa shape index (κ2) is 6.55. The third-order valence-corrected chi connectivity index (χ3v) is 4.72. The molecule has 0 heterocycles. The van der Waals surface area contributed by atoms with Crippen molar-refractivity contribution in [2.75, 3.05) is 6.61 Å². The maximum absolute atomic E-state index is 12.1. The van der Waals surface area contributed by atoms with E-state index >= 15 is 0 Å². The number of nitrogens with one attached hydrogen (secondary N) is 1. The molecule has 0 saturated heterocycles. The summed E-state index contributed by atoms with van der Waals surface area (Å²) in [5.41, 5.74) is -0.290. The SMILES string of the molecule is O=C(CC1CCCCCC1)NC1(CO)CCCC1. The maximum atomic E-state index is 12.1. The second-order valence-corrected chi connectivity index (χ2v) is 6.26. The van der Waals surface area contributed by atoms with Crippen molar-refractivity contribution in [1.29, 1.82) is 0 Å². The zero-order valence-electron chi connectivity index (χ0n) is 11.4. The molecule has 0 unspecified atom stereocenters. The first-order valence-corrected chi connectivity index (χ1v) is 7.66. The number of carbonyl (C=O) groups is 1. The Labute approximate surface area is 110 Å². The van der Waals surface area contributed by atoms with E-state index in [9.17, 15) is 9.90 Å². The summed E-state index contributed by atoms with van der Waals surface area (Å²) in [5.74, 6) is 0.738. The molecule has 0 aromatic carbocycles. The third kappa shape index (κ3) is 3.71. The molecule has 0 atom stereocenters. The smallest absolute Gasteiger partial charge is 0.220 e. The molecule has 0 aliphatic heterocycles. The van der Waals surface area contributed by atoms with Crippen molar-refractivity contribution in [3.8, 4) is 0 Å². The molecule has 0 bridgehead atoms. The molecular weight excluding hydrogens is 226 g/mol. The van der Waals surface area contributed by atoms with Gasteiger partial charge in [-0.15, -0.1) is 0 Å². The van der Waals surface area contributed by atoms with Gasteiger partial charge in [0.2, 0.25) is 5.91 Å². The van der Waals surface area contributed by atoms with E-state index in [2.05, 4.69) is 5.32 Å². The van der Waals surface area contributed by atoms with Crippen molar-refractivity contribution >= 4 is 5.91 Å². The number of hydrogen-bond acceptors (Lipinski definition) is 2. The quantitative estimate of drug-likeness (QED) is 0.757. The molecule has 0 aromatic rings. The van der Waals surface area contributed by atoms with Crippen LogP contribution in [0.2, 0.25) is 0 Å². The van der Waals surface area contributed by atoms with Crippen molar-refractivity contribution in [1.82, 2.24) is 5.32 Å². The number of rotatable bonds is 4. The number of carbonyl (C=O) groups excluding carboxylic acids is 1. The van der Waals surface area contributed by atoms with Crippen molar-refractivity contribution in [3.05, 3.63) is 0 Å². The molecule has 2 N–H and O–H groups in total. The van der Waals surface area contributed by atoms with Crippen LogP contribution >= 0.6 is 0 Å². The van der Waals surface area contributed by atoms with Gasteiger partial charge in [-0.3, -0.25) is 4.79 Å². The molecule has 0 spiro atoms. The van der Waals surface area contributed by atoms with Crippen LogP contribution in [0.3, 0.4) is 0 Å². The average Bonchev–Trinajstić information content (AvgIpc) is 2.67. The standard InChI is InChI=1S/C15H27NO2/c17-12-15(9-5-6-10-15)16-14(18)11-13-7-3-1-2-4-8-13/h13,17H,1-12H2,(H,16,18). The van der Waals surface area contributed by atoms with E-state index in [1.165, 1.54) is 38.5 Å². The summed E-state index contributed by atoms with van der Waals surface area (Å²) in [4.78, 5) is 12.1. The highest BCUT2D eigenvalue weighted by Gasteiger charge is 2.34. The van der Waals surface area contributed by atoms with E-state index in [1.54, 1.807) is 0 Å². The highest BCUT2D eigenvalue weighted by atomic mass is 16.3. The lowest BCUT2D eigenvalue weighted by Crippen LogP contribution is -2.49. The zero-order chi connectivity index (χ0) is 12.8. The number of aliphatic hydroxyl groups is 1. The van der Waals surface area contributed by atoms with Crippen LogP contribution in [0.1, 0.15) is 70.6 Å². The van der Waals surface area contributed by atoms with Gasteiger partial charge in [0, 0.05) is 6.42 Å². The van der Waals surface area contributed by atoms with E-state index in [-0.39, 0.29) is 18.1 Å². The van der Waals surface area contributed by atoms with Crippen molar-refractivity contribution in [3.63, 3.8) is 0 Å². The summed E-state index contributed by atoms with van der Waals surface area (Å²) < 4.78 is 0. The van der Waals surface area contributed by atoms with Crippen LogP contribution in [0.4, 0.5) is 0 Å². The molecule has 2 aliphatic carbocycles. The van der Waals surface area contributed by atoms with E-state index in [4.69, 9.17) is 0 Å². The number of aliphatic hydroxyl groups excluding tert-OH is 1. The largest absolute Gasteiger partial charge is 0.394 e. The van der Waals surface area contributed by atoms with Crippen molar-refractivity contribution < 1.29 is 9.90 Å². The molecule has 1 amide bonds. The van der Waals surface area contributed by atoms with Gasteiger partial charge in [-0.25, -0.2) is 0 Å². The molecule has 2 saturated carbocycles. The topological polar surface area (TPSA) is 49.3 Å². The number of hydrogen-bond donors (Lipinski definition) is 2. The van der Waals surface area contributed by atoms with Gasteiger partial charge >= 0.3 is 0 Å². The summed E-state index contributed by atoms with van der Waals surface area (Å²) in [5, 5.41) is 12.6. The van der Waals surface area contributed by atoms with E-state index in [1.807, 2.05) is 0 Å². The lowest BCUT2D eigenvalue weighted by atomic mass is 9.94. The van der Waals surface area contributed by atoms with Crippen LogP contribution in [0.25, 0.3) is 0 Å². The third-order valence-electron chi connectivity index (χ3n) is 4.72. The van der Waals surface area contributed by atoms with Gasteiger partial charge in [-0.1, -0.05) is 38.5 Å². The first kappa shape index (κ1) is 13.9. The predicted octanol–water partition coefficient (Wildman–Crippen LogP) is 2.77. The van der Waals surface area contributed by atoms with Gasteiger partial charge in [0.25, 0.3) is 0 Å². The summed E-state index contributed by atoms with van der Waals surface area (Å²) in [6.45, 7) is 0.101. The lowest BCUT2D eigenvalue weighted by molar-refractivity contribution is -0.124. The van der Waals surface area contributed by atoms with Crippen LogP contribution in [0, 0.1) is 5.92 Å². The molecule has 0 radical (unpaired) electrons. The van der Waals surface area contributed by atoms with Gasteiger partial charge in [-0.05, 0) is 31.6 Å². The van der Waals surface area contributed by atoms with E-state index < -0.39 is 0 Å². The minimum Gasteiger partial charge on any atom is -0.394 e. The van der Waals surface area contributed by atoms with Gasteiger partial charge < -0.3 is 10.4 Å². The van der Waals surface area contributed by atoms with Gasteiger partial charge in [0.05, 0.1) is 12.1 Å². The second-order valence-electron chi connectivity index (χ2n) is 6.26. The highest BCUT2D eigenvalue weighted by Crippen LogP contribution is 2.30. The fraction of sp³-hybridized carbons (Fsp3) is 0.933. The molecule has 104 valence electrons. The average molecular weight is 253 g/mol. The maximum Gasteiger partial charge on any atom is 0.220 e.